The topological polar surface area (TPSA) is 68.5 Å². The number of ether oxygens (including phenoxy) is 1. The van der Waals surface area contributed by atoms with Crippen molar-refractivity contribution in [2.24, 2.45) is 5.92 Å². The molecule has 0 N–H and O–H groups in total. The minimum absolute atomic E-state index is 0.0462. The van der Waals surface area contributed by atoms with E-state index in [1.54, 1.807) is 26.1 Å². The van der Waals surface area contributed by atoms with Gasteiger partial charge in [-0.1, -0.05) is 37.7 Å². The van der Waals surface area contributed by atoms with Gasteiger partial charge >= 0.3 is 0 Å². The van der Waals surface area contributed by atoms with E-state index in [9.17, 15) is 4.79 Å². The molecule has 0 saturated carbocycles. The van der Waals surface area contributed by atoms with Crippen LogP contribution >= 0.6 is 11.8 Å². The molecule has 0 bridgehead atoms. The van der Waals surface area contributed by atoms with Gasteiger partial charge in [0.15, 0.2) is 0 Å². The van der Waals surface area contributed by atoms with Gasteiger partial charge in [0.1, 0.15) is 5.75 Å². The van der Waals surface area contributed by atoms with E-state index >= 15 is 0 Å². The van der Waals surface area contributed by atoms with Crippen molar-refractivity contribution in [1.82, 2.24) is 15.1 Å². The lowest BCUT2D eigenvalue weighted by molar-refractivity contribution is -0.128. The average Bonchev–Trinajstić information content (AvgIpc) is 2.99. The Morgan fingerprint density at radius 1 is 1.25 bits per heavy atom. The summed E-state index contributed by atoms with van der Waals surface area (Å²) < 4.78 is 10.8. The quantitative estimate of drug-likeness (QED) is 0.716. The third kappa shape index (κ3) is 4.74. The molecule has 6 nitrogen and oxygen atoms in total. The predicted octanol–water partition coefficient (Wildman–Crippen LogP) is 2.87. The molecular weight excluding hydrogens is 326 g/mol. The predicted molar refractivity (Wildman–Crippen MR) is 93.3 cm³/mol. The Labute approximate surface area is 146 Å². The highest BCUT2D eigenvalue weighted by molar-refractivity contribution is 8.00. The van der Waals surface area contributed by atoms with E-state index < -0.39 is 0 Å². The molecule has 1 heterocycles. The van der Waals surface area contributed by atoms with E-state index in [0.29, 0.717) is 17.5 Å². The van der Waals surface area contributed by atoms with Gasteiger partial charge in [0.05, 0.1) is 18.8 Å². The second kappa shape index (κ2) is 8.19. The zero-order valence-electron chi connectivity index (χ0n) is 14.6. The lowest BCUT2D eigenvalue weighted by atomic mass is 10.1. The number of methoxy groups -OCH3 is 1. The number of carbonyl (C=O) groups excluding carboxylic acids is 1. The summed E-state index contributed by atoms with van der Waals surface area (Å²) >= 11 is 1.32. The molecule has 0 aliphatic heterocycles. The van der Waals surface area contributed by atoms with Crippen molar-refractivity contribution in [3.8, 4) is 5.75 Å². The number of carbonyl (C=O) groups is 1. The third-order valence-electron chi connectivity index (χ3n) is 3.48. The first-order valence-electron chi connectivity index (χ1n) is 7.74. The molecule has 1 aromatic heterocycles. The monoisotopic (exact) mass is 349 g/mol. The largest absolute Gasteiger partial charge is 0.497 e. The second-order valence-electron chi connectivity index (χ2n) is 6.00. The second-order valence-corrected chi connectivity index (χ2v) is 7.09. The summed E-state index contributed by atoms with van der Waals surface area (Å²) in [7, 11) is 5.14. The Morgan fingerprint density at radius 3 is 2.46 bits per heavy atom. The van der Waals surface area contributed by atoms with Crippen LogP contribution in [-0.2, 0) is 11.2 Å². The zero-order valence-corrected chi connectivity index (χ0v) is 15.5. The maximum Gasteiger partial charge on any atom is 0.277 e. The highest BCUT2D eigenvalue weighted by Gasteiger charge is 2.27. The van der Waals surface area contributed by atoms with Gasteiger partial charge in [0.25, 0.3) is 5.22 Å². The van der Waals surface area contributed by atoms with Crippen molar-refractivity contribution in [3.05, 3.63) is 35.7 Å². The van der Waals surface area contributed by atoms with Crippen LogP contribution in [0.1, 0.15) is 25.3 Å². The van der Waals surface area contributed by atoms with E-state index in [-0.39, 0.29) is 17.1 Å². The van der Waals surface area contributed by atoms with E-state index in [1.807, 2.05) is 38.1 Å². The first kappa shape index (κ1) is 18.3. The van der Waals surface area contributed by atoms with Gasteiger partial charge in [0.2, 0.25) is 11.8 Å². The molecule has 0 fully saturated rings. The van der Waals surface area contributed by atoms with E-state index in [4.69, 9.17) is 9.15 Å². The Kier molecular flexibility index (Phi) is 6.25. The van der Waals surface area contributed by atoms with Crippen LogP contribution in [0.15, 0.2) is 33.9 Å². The number of nitrogens with zero attached hydrogens (tertiary/aromatic N) is 3. The number of aromatic nitrogens is 2. The Morgan fingerprint density at radius 2 is 1.92 bits per heavy atom. The smallest absolute Gasteiger partial charge is 0.277 e. The number of amides is 1. The van der Waals surface area contributed by atoms with Crippen LogP contribution < -0.4 is 4.74 Å². The fourth-order valence-corrected chi connectivity index (χ4v) is 3.14. The molecule has 2 rings (SSSR count). The first-order valence-corrected chi connectivity index (χ1v) is 8.61. The van der Waals surface area contributed by atoms with Crippen molar-refractivity contribution in [1.29, 1.82) is 0 Å². The highest BCUT2D eigenvalue weighted by Crippen LogP contribution is 2.28. The Bertz CT molecular complexity index is 668. The first-order chi connectivity index (χ1) is 11.4. The van der Waals surface area contributed by atoms with Crippen LogP contribution in [-0.4, -0.2) is 47.5 Å². The van der Waals surface area contributed by atoms with Gasteiger partial charge < -0.3 is 14.1 Å². The Balaban J connectivity index is 2.04. The Hall–Kier alpha value is -2.02. The zero-order chi connectivity index (χ0) is 17.7. The van der Waals surface area contributed by atoms with Gasteiger partial charge in [-0.05, 0) is 23.6 Å². The maximum absolute atomic E-state index is 12.3. The molecule has 0 unspecified atom stereocenters. The molecule has 2 aromatic rings. The molecule has 0 aliphatic carbocycles. The summed E-state index contributed by atoms with van der Waals surface area (Å²) in [5.41, 5.74) is 1.06. The standard InChI is InChI=1S/C17H23N3O3S/c1-11(2)15(16(21)20(3)4)24-17-19-18-14(23-17)10-12-6-8-13(22-5)9-7-12/h6-9,11,15H,10H2,1-5H3/t15-/m0/s1. The average molecular weight is 349 g/mol. The maximum atomic E-state index is 12.3. The molecule has 0 aliphatic rings. The van der Waals surface area contributed by atoms with Gasteiger partial charge in [-0.15, -0.1) is 10.2 Å². The molecule has 1 aromatic carbocycles. The number of hydrogen-bond donors (Lipinski definition) is 0. The van der Waals surface area contributed by atoms with Gasteiger partial charge in [-0.3, -0.25) is 4.79 Å². The number of benzene rings is 1. The molecule has 1 amide bonds. The minimum atomic E-state index is -0.241. The molecule has 0 radical (unpaired) electrons. The normalized spacial score (nSPS) is 12.2. The van der Waals surface area contributed by atoms with Crippen LogP contribution in [0, 0.1) is 5.92 Å². The van der Waals surface area contributed by atoms with E-state index in [1.165, 1.54) is 11.8 Å². The van der Waals surface area contributed by atoms with Crippen LogP contribution in [0.25, 0.3) is 0 Å². The summed E-state index contributed by atoms with van der Waals surface area (Å²) in [5, 5.41) is 8.32. The van der Waals surface area contributed by atoms with Crippen LogP contribution in [0.4, 0.5) is 0 Å². The molecule has 1 atom stereocenters. The van der Waals surface area contributed by atoms with Crippen LogP contribution in [0.3, 0.4) is 0 Å². The van der Waals surface area contributed by atoms with Crippen LogP contribution in [0.5, 0.6) is 5.75 Å². The lowest BCUT2D eigenvalue weighted by Crippen LogP contribution is -2.34. The van der Waals surface area contributed by atoms with Gasteiger partial charge in [-0.25, -0.2) is 0 Å². The highest BCUT2D eigenvalue weighted by atomic mass is 32.2. The molecule has 130 valence electrons. The summed E-state index contributed by atoms with van der Waals surface area (Å²) in [5.74, 6) is 1.55. The van der Waals surface area contributed by atoms with Gasteiger partial charge in [0, 0.05) is 14.1 Å². The third-order valence-corrected chi connectivity index (χ3v) is 4.85. The summed E-state index contributed by atoms with van der Waals surface area (Å²) in [6.07, 6.45) is 0.547. The van der Waals surface area contributed by atoms with Gasteiger partial charge in [-0.2, -0.15) is 0 Å². The summed E-state index contributed by atoms with van der Waals surface area (Å²) in [4.78, 5) is 13.8. The summed E-state index contributed by atoms with van der Waals surface area (Å²) in [6.45, 7) is 4.02. The minimum Gasteiger partial charge on any atom is -0.497 e. The van der Waals surface area contributed by atoms with Crippen molar-refractivity contribution in [2.45, 2.75) is 30.7 Å². The molecule has 0 saturated heterocycles. The summed E-state index contributed by atoms with van der Waals surface area (Å²) in [6, 6.07) is 7.71. The number of hydrogen-bond acceptors (Lipinski definition) is 6. The van der Waals surface area contributed by atoms with Crippen molar-refractivity contribution < 1.29 is 13.9 Å². The van der Waals surface area contributed by atoms with E-state index in [2.05, 4.69) is 10.2 Å². The molecular formula is C17H23N3O3S. The SMILES string of the molecule is COc1ccc(Cc2nnc(S[C@H](C(=O)N(C)C)C(C)C)o2)cc1. The fraction of sp³-hybridized carbons (Fsp3) is 0.471. The van der Waals surface area contributed by atoms with Crippen LogP contribution in [0.2, 0.25) is 0 Å². The molecule has 7 heteroatoms. The molecule has 24 heavy (non-hydrogen) atoms. The lowest BCUT2D eigenvalue weighted by Gasteiger charge is -2.21. The van der Waals surface area contributed by atoms with Crippen molar-refractivity contribution in [3.63, 3.8) is 0 Å². The van der Waals surface area contributed by atoms with Crippen molar-refractivity contribution in [2.75, 3.05) is 21.2 Å². The fourth-order valence-electron chi connectivity index (χ4n) is 2.11. The molecule has 0 spiro atoms. The van der Waals surface area contributed by atoms with Crippen molar-refractivity contribution >= 4 is 17.7 Å². The number of thioether (sulfide) groups is 1. The number of rotatable bonds is 7. The van der Waals surface area contributed by atoms with E-state index in [0.717, 1.165) is 11.3 Å².